The maximum Gasteiger partial charge on any atom is 0.261 e. The first-order valence-corrected chi connectivity index (χ1v) is 7.20. The third-order valence-corrected chi connectivity index (χ3v) is 3.97. The van der Waals surface area contributed by atoms with Crippen molar-refractivity contribution in [1.29, 1.82) is 0 Å². The first-order chi connectivity index (χ1) is 8.25. The third kappa shape index (κ3) is 3.82. The van der Waals surface area contributed by atoms with Crippen LogP contribution in [0.15, 0.2) is 17.5 Å². The average Bonchev–Trinajstić information content (AvgIpc) is 2.83. The number of piperidine rings is 1. The topological polar surface area (TPSA) is 32.3 Å². The van der Waals surface area contributed by atoms with E-state index in [0.29, 0.717) is 0 Å². The van der Waals surface area contributed by atoms with E-state index in [1.807, 2.05) is 17.5 Å². The van der Waals surface area contributed by atoms with Gasteiger partial charge in [-0.3, -0.25) is 4.79 Å². The van der Waals surface area contributed by atoms with Crippen LogP contribution in [-0.2, 0) is 0 Å². The van der Waals surface area contributed by atoms with Crippen molar-refractivity contribution < 1.29 is 4.79 Å². The van der Waals surface area contributed by atoms with Crippen LogP contribution in [0.1, 0.15) is 35.9 Å². The Morgan fingerprint density at radius 1 is 1.47 bits per heavy atom. The molecule has 0 aliphatic carbocycles. The number of nitrogens with zero attached hydrogens (tertiary/aromatic N) is 1. The second-order valence-corrected chi connectivity index (χ2v) is 5.66. The molecule has 0 radical (unpaired) electrons. The van der Waals surface area contributed by atoms with Gasteiger partial charge >= 0.3 is 0 Å². The van der Waals surface area contributed by atoms with Crippen LogP contribution in [0.4, 0.5) is 0 Å². The molecule has 1 aliphatic rings. The fourth-order valence-corrected chi connectivity index (χ4v) is 2.90. The molecular weight excluding hydrogens is 232 g/mol. The van der Waals surface area contributed by atoms with Gasteiger partial charge in [0.05, 0.1) is 4.88 Å². The second-order valence-electron chi connectivity index (χ2n) is 4.71. The molecule has 2 heterocycles. The van der Waals surface area contributed by atoms with Gasteiger partial charge in [0.25, 0.3) is 5.91 Å². The standard InChI is InChI=1S/C13H20N2OS/c1-11(10-15-7-3-2-4-8-15)14-13(16)12-6-5-9-17-12/h5-6,9,11H,2-4,7-8,10H2,1H3,(H,14,16)/t11-/m1/s1. The van der Waals surface area contributed by atoms with Gasteiger partial charge in [-0.15, -0.1) is 11.3 Å². The van der Waals surface area contributed by atoms with Crippen molar-refractivity contribution >= 4 is 17.2 Å². The summed E-state index contributed by atoms with van der Waals surface area (Å²) < 4.78 is 0. The summed E-state index contributed by atoms with van der Waals surface area (Å²) in [4.78, 5) is 15.1. The Balaban J connectivity index is 1.76. The Morgan fingerprint density at radius 3 is 2.88 bits per heavy atom. The van der Waals surface area contributed by atoms with Crippen molar-refractivity contribution in [2.24, 2.45) is 0 Å². The quantitative estimate of drug-likeness (QED) is 0.892. The molecule has 0 spiro atoms. The van der Waals surface area contributed by atoms with Crippen molar-refractivity contribution in [3.8, 4) is 0 Å². The van der Waals surface area contributed by atoms with E-state index >= 15 is 0 Å². The van der Waals surface area contributed by atoms with Crippen LogP contribution < -0.4 is 5.32 Å². The number of nitrogens with one attached hydrogen (secondary N) is 1. The fourth-order valence-electron chi connectivity index (χ4n) is 2.28. The SMILES string of the molecule is C[C@H](CN1CCCCC1)NC(=O)c1cccs1. The highest BCUT2D eigenvalue weighted by atomic mass is 32.1. The lowest BCUT2D eigenvalue weighted by Crippen LogP contribution is -2.43. The molecule has 1 fully saturated rings. The molecule has 0 aromatic carbocycles. The molecule has 17 heavy (non-hydrogen) atoms. The van der Waals surface area contributed by atoms with Crippen molar-refractivity contribution in [2.45, 2.75) is 32.2 Å². The average molecular weight is 252 g/mol. The fraction of sp³-hybridized carbons (Fsp3) is 0.615. The molecule has 1 amide bonds. The summed E-state index contributed by atoms with van der Waals surface area (Å²) in [6, 6.07) is 4.00. The summed E-state index contributed by atoms with van der Waals surface area (Å²) >= 11 is 1.49. The number of carbonyl (C=O) groups excluding carboxylic acids is 1. The number of rotatable bonds is 4. The van der Waals surface area contributed by atoms with E-state index in [2.05, 4.69) is 17.1 Å². The van der Waals surface area contributed by atoms with Gasteiger partial charge < -0.3 is 10.2 Å². The Labute approximate surface area is 107 Å². The van der Waals surface area contributed by atoms with Gasteiger partial charge in [-0.2, -0.15) is 0 Å². The number of hydrogen-bond acceptors (Lipinski definition) is 3. The van der Waals surface area contributed by atoms with Crippen molar-refractivity contribution in [3.05, 3.63) is 22.4 Å². The molecule has 1 N–H and O–H groups in total. The largest absolute Gasteiger partial charge is 0.348 e. The molecular formula is C13H20N2OS. The number of amides is 1. The monoisotopic (exact) mass is 252 g/mol. The lowest BCUT2D eigenvalue weighted by Gasteiger charge is -2.29. The van der Waals surface area contributed by atoms with E-state index in [0.717, 1.165) is 11.4 Å². The molecule has 1 aromatic heterocycles. The highest BCUT2D eigenvalue weighted by molar-refractivity contribution is 7.12. The van der Waals surface area contributed by atoms with E-state index < -0.39 is 0 Å². The van der Waals surface area contributed by atoms with Gasteiger partial charge in [-0.1, -0.05) is 12.5 Å². The molecule has 0 bridgehead atoms. The lowest BCUT2D eigenvalue weighted by atomic mass is 10.1. The molecule has 2 rings (SSSR count). The summed E-state index contributed by atoms with van der Waals surface area (Å²) in [6.07, 6.45) is 3.95. The van der Waals surface area contributed by atoms with Gasteiger partial charge in [0, 0.05) is 12.6 Å². The van der Waals surface area contributed by atoms with Crippen LogP contribution in [0.25, 0.3) is 0 Å². The second kappa shape index (κ2) is 6.17. The highest BCUT2D eigenvalue weighted by Crippen LogP contribution is 2.10. The number of hydrogen-bond donors (Lipinski definition) is 1. The predicted molar refractivity (Wildman–Crippen MR) is 71.5 cm³/mol. The summed E-state index contributed by atoms with van der Waals surface area (Å²) in [7, 11) is 0. The van der Waals surface area contributed by atoms with Gasteiger partial charge in [-0.05, 0) is 44.3 Å². The van der Waals surface area contributed by atoms with Crippen LogP contribution in [0.2, 0.25) is 0 Å². The molecule has 1 atom stereocenters. The van der Waals surface area contributed by atoms with E-state index in [9.17, 15) is 4.79 Å². The third-order valence-electron chi connectivity index (χ3n) is 3.10. The number of carbonyl (C=O) groups is 1. The minimum atomic E-state index is 0.0597. The van der Waals surface area contributed by atoms with Crippen LogP contribution in [0.5, 0.6) is 0 Å². The molecule has 0 saturated carbocycles. The predicted octanol–water partition coefficient (Wildman–Crippen LogP) is 2.35. The number of thiophene rings is 1. The van der Waals surface area contributed by atoms with Crippen molar-refractivity contribution in [1.82, 2.24) is 10.2 Å². The minimum Gasteiger partial charge on any atom is -0.348 e. The van der Waals surface area contributed by atoms with Crippen molar-refractivity contribution in [2.75, 3.05) is 19.6 Å². The van der Waals surface area contributed by atoms with Gasteiger partial charge in [0.2, 0.25) is 0 Å². The zero-order chi connectivity index (χ0) is 12.1. The molecule has 1 aliphatic heterocycles. The maximum absolute atomic E-state index is 11.8. The lowest BCUT2D eigenvalue weighted by molar-refractivity contribution is 0.0930. The minimum absolute atomic E-state index is 0.0597. The van der Waals surface area contributed by atoms with Crippen LogP contribution in [-0.4, -0.2) is 36.5 Å². The molecule has 0 unspecified atom stereocenters. The first kappa shape index (κ1) is 12.6. The molecule has 4 heteroatoms. The highest BCUT2D eigenvalue weighted by Gasteiger charge is 2.15. The van der Waals surface area contributed by atoms with Gasteiger partial charge in [-0.25, -0.2) is 0 Å². The Morgan fingerprint density at radius 2 is 2.24 bits per heavy atom. The molecule has 1 saturated heterocycles. The molecule has 1 aromatic rings. The van der Waals surface area contributed by atoms with E-state index in [4.69, 9.17) is 0 Å². The van der Waals surface area contributed by atoms with Crippen molar-refractivity contribution in [3.63, 3.8) is 0 Å². The van der Waals surface area contributed by atoms with Crippen LogP contribution >= 0.6 is 11.3 Å². The summed E-state index contributed by atoms with van der Waals surface area (Å²) in [5, 5.41) is 4.99. The summed E-state index contributed by atoms with van der Waals surface area (Å²) in [5.41, 5.74) is 0. The van der Waals surface area contributed by atoms with E-state index in [1.54, 1.807) is 0 Å². The zero-order valence-corrected chi connectivity index (χ0v) is 11.1. The van der Waals surface area contributed by atoms with E-state index in [1.165, 1.54) is 43.7 Å². The van der Waals surface area contributed by atoms with Crippen LogP contribution in [0.3, 0.4) is 0 Å². The Bertz CT molecular complexity index is 344. The van der Waals surface area contributed by atoms with Gasteiger partial charge in [0.1, 0.15) is 0 Å². The molecule has 94 valence electrons. The smallest absolute Gasteiger partial charge is 0.261 e. The van der Waals surface area contributed by atoms with Crippen LogP contribution in [0, 0.1) is 0 Å². The molecule has 3 nitrogen and oxygen atoms in total. The number of likely N-dealkylation sites (tertiary alicyclic amines) is 1. The summed E-state index contributed by atoms with van der Waals surface area (Å²) in [5.74, 6) is 0.0597. The zero-order valence-electron chi connectivity index (χ0n) is 10.3. The normalized spacial score (nSPS) is 18.9. The Kier molecular flexibility index (Phi) is 4.57. The summed E-state index contributed by atoms with van der Waals surface area (Å²) in [6.45, 7) is 5.41. The van der Waals surface area contributed by atoms with Gasteiger partial charge in [0.15, 0.2) is 0 Å². The first-order valence-electron chi connectivity index (χ1n) is 6.32. The Hall–Kier alpha value is -0.870. The maximum atomic E-state index is 11.8. The van der Waals surface area contributed by atoms with E-state index in [-0.39, 0.29) is 11.9 Å².